The normalized spacial score (nSPS) is 11.3. The smallest absolute Gasteiger partial charge is 0.272 e. The average molecular weight is 434 g/mol. The van der Waals surface area contributed by atoms with Gasteiger partial charge in [-0.05, 0) is 41.8 Å². The number of anilines is 2. The van der Waals surface area contributed by atoms with Crippen LogP contribution in [0.25, 0.3) is 33.2 Å². The SMILES string of the molecule is COc1ccc(Nc2c3c4ccccc4cc(-c4ccccc4)n3c3ccc(F)c[n+]23)cc1. The molecule has 0 amide bonds. The summed E-state index contributed by atoms with van der Waals surface area (Å²) >= 11 is 0. The Labute approximate surface area is 190 Å². The largest absolute Gasteiger partial charge is 0.497 e. The molecule has 0 aliphatic heterocycles. The lowest BCUT2D eigenvalue weighted by Gasteiger charge is -2.07. The van der Waals surface area contributed by atoms with Crippen molar-refractivity contribution in [1.82, 2.24) is 4.40 Å². The summed E-state index contributed by atoms with van der Waals surface area (Å²) in [6.45, 7) is 0. The van der Waals surface area contributed by atoms with E-state index in [1.807, 2.05) is 65.1 Å². The number of benzene rings is 3. The lowest BCUT2D eigenvalue weighted by molar-refractivity contribution is -0.496. The Hall–Kier alpha value is -4.38. The Bertz CT molecular complexity index is 1620. The minimum Gasteiger partial charge on any atom is -0.497 e. The first-order chi connectivity index (χ1) is 16.2. The Morgan fingerprint density at radius 3 is 2.39 bits per heavy atom. The maximum Gasteiger partial charge on any atom is 0.272 e. The van der Waals surface area contributed by atoms with Crippen molar-refractivity contribution in [3.8, 4) is 17.0 Å². The molecule has 0 bridgehead atoms. The Morgan fingerprint density at radius 1 is 0.848 bits per heavy atom. The van der Waals surface area contributed by atoms with Crippen LogP contribution in [0.4, 0.5) is 15.9 Å². The number of pyridine rings is 2. The number of aromatic nitrogens is 2. The molecular weight excluding hydrogens is 413 g/mol. The predicted molar refractivity (Wildman–Crippen MR) is 130 cm³/mol. The zero-order chi connectivity index (χ0) is 22.4. The summed E-state index contributed by atoms with van der Waals surface area (Å²) in [5, 5.41) is 5.74. The zero-order valence-electron chi connectivity index (χ0n) is 18.0. The van der Waals surface area contributed by atoms with Gasteiger partial charge in [-0.2, -0.15) is 4.40 Å². The number of hydrogen-bond donors (Lipinski definition) is 1. The van der Waals surface area contributed by atoms with Gasteiger partial charge in [0.15, 0.2) is 11.3 Å². The monoisotopic (exact) mass is 434 g/mol. The van der Waals surface area contributed by atoms with Crippen LogP contribution in [0.2, 0.25) is 0 Å². The van der Waals surface area contributed by atoms with Crippen LogP contribution in [0.1, 0.15) is 0 Å². The van der Waals surface area contributed by atoms with Crippen molar-refractivity contribution in [3.05, 3.63) is 109 Å². The van der Waals surface area contributed by atoms with Crippen molar-refractivity contribution >= 4 is 33.4 Å². The van der Waals surface area contributed by atoms with E-state index < -0.39 is 0 Å². The molecule has 3 heterocycles. The average Bonchev–Trinajstić information content (AvgIpc) is 3.18. The summed E-state index contributed by atoms with van der Waals surface area (Å²) in [5.41, 5.74) is 4.86. The Kier molecular flexibility index (Phi) is 4.47. The third-order valence-corrected chi connectivity index (χ3v) is 5.98. The first kappa shape index (κ1) is 19.3. The minimum atomic E-state index is -0.299. The molecule has 0 unspecified atom stereocenters. The molecule has 5 heteroatoms. The molecule has 0 fully saturated rings. The molecule has 33 heavy (non-hydrogen) atoms. The fourth-order valence-corrected chi connectivity index (χ4v) is 4.46. The van der Waals surface area contributed by atoms with Gasteiger partial charge in [-0.3, -0.25) is 5.32 Å². The summed E-state index contributed by atoms with van der Waals surface area (Å²) in [4.78, 5) is 0. The molecule has 0 aliphatic rings. The fourth-order valence-electron chi connectivity index (χ4n) is 4.46. The van der Waals surface area contributed by atoms with Gasteiger partial charge in [-0.1, -0.05) is 54.6 Å². The number of nitrogens with one attached hydrogen (secondary N) is 1. The van der Waals surface area contributed by atoms with Gasteiger partial charge in [-0.25, -0.2) is 8.79 Å². The molecule has 0 saturated heterocycles. The molecule has 3 aromatic heterocycles. The molecule has 1 N–H and O–H groups in total. The van der Waals surface area contributed by atoms with E-state index in [4.69, 9.17) is 4.74 Å². The maximum absolute atomic E-state index is 14.4. The van der Waals surface area contributed by atoms with Crippen LogP contribution in [-0.2, 0) is 0 Å². The molecule has 6 aromatic rings. The van der Waals surface area contributed by atoms with E-state index in [9.17, 15) is 4.39 Å². The lowest BCUT2D eigenvalue weighted by atomic mass is 10.1. The highest BCUT2D eigenvalue weighted by molar-refractivity contribution is 6.04. The highest BCUT2D eigenvalue weighted by Crippen LogP contribution is 2.34. The number of hydrogen-bond acceptors (Lipinski definition) is 2. The van der Waals surface area contributed by atoms with Crippen LogP contribution in [0.3, 0.4) is 0 Å². The van der Waals surface area contributed by atoms with E-state index in [0.29, 0.717) is 0 Å². The first-order valence-electron chi connectivity index (χ1n) is 10.8. The second-order valence-electron chi connectivity index (χ2n) is 7.94. The second kappa shape index (κ2) is 7.64. The van der Waals surface area contributed by atoms with E-state index in [-0.39, 0.29) is 5.82 Å². The molecule has 4 nitrogen and oxygen atoms in total. The van der Waals surface area contributed by atoms with Crippen molar-refractivity contribution in [1.29, 1.82) is 0 Å². The van der Waals surface area contributed by atoms with E-state index >= 15 is 0 Å². The third-order valence-electron chi connectivity index (χ3n) is 5.98. The molecule has 0 spiro atoms. The van der Waals surface area contributed by atoms with Crippen molar-refractivity contribution in [2.45, 2.75) is 0 Å². The van der Waals surface area contributed by atoms with Crippen molar-refractivity contribution in [2.75, 3.05) is 12.4 Å². The topological polar surface area (TPSA) is 29.8 Å². The lowest BCUT2D eigenvalue weighted by Crippen LogP contribution is -2.23. The summed E-state index contributed by atoms with van der Waals surface area (Å²) in [6.07, 6.45) is 1.53. The van der Waals surface area contributed by atoms with Gasteiger partial charge in [0, 0.05) is 17.0 Å². The molecule has 0 atom stereocenters. The number of fused-ring (bicyclic) bond motifs is 5. The quantitative estimate of drug-likeness (QED) is 0.326. The number of methoxy groups -OCH3 is 1. The van der Waals surface area contributed by atoms with Crippen LogP contribution in [0, 0.1) is 5.82 Å². The van der Waals surface area contributed by atoms with Gasteiger partial charge in [0.2, 0.25) is 5.65 Å². The summed E-state index contributed by atoms with van der Waals surface area (Å²) in [7, 11) is 1.65. The number of ether oxygens (including phenoxy) is 1. The van der Waals surface area contributed by atoms with Crippen LogP contribution in [0.5, 0.6) is 5.75 Å². The highest BCUT2D eigenvalue weighted by atomic mass is 19.1. The molecule has 3 aromatic carbocycles. The van der Waals surface area contributed by atoms with Crippen LogP contribution >= 0.6 is 0 Å². The van der Waals surface area contributed by atoms with Crippen LogP contribution in [0.15, 0.2) is 103 Å². The number of imidazole rings is 1. The first-order valence-corrected chi connectivity index (χ1v) is 10.8. The summed E-state index contributed by atoms with van der Waals surface area (Å²) < 4.78 is 23.8. The third kappa shape index (κ3) is 3.17. The minimum absolute atomic E-state index is 0.299. The maximum atomic E-state index is 14.4. The van der Waals surface area contributed by atoms with Crippen molar-refractivity contribution < 1.29 is 13.5 Å². The second-order valence-corrected chi connectivity index (χ2v) is 7.94. The highest BCUT2D eigenvalue weighted by Gasteiger charge is 2.25. The van der Waals surface area contributed by atoms with Gasteiger partial charge in [0.05, 0.1) is 12.8 Å². The van der Waals surface area contributed by atoms with Crippen LogP contribution < -0.4 is 14.5 Å². The van der Waals surface area contributed by atoms with E-state index in [2.05, 4.69) is 40.0 Å². The Balaban J connectivity index is 1.74. The van der Waals surface area contributed by atoms with Crippen LogP contribution in [-0.4, -0.2) is 11.5 Å². The summed E-state index contributed by atoms with van der Waals surface area (Å²) in [5.74, 6) is 1.28. The van der Waals surface area contributed by atoms with Gasteiger partial charge < -0.3 is 4.74 Å². The van der Waals surface area contributed by atoms with Crippen molar-refractivity contribution in [2.24, 2.45) is 0 Å². The van der Waals surface area contributed by atoms with E-state index in [1.165, 1.54) is 12.3 Å². The number of nitrogens with zero attached hydrogens (tertiary/aromatic N) is 2. The van der Waals surface area contributed by atoms with Gasteiger partial charge in [0.25, 0.3) is 5.82 Å². The fraction of sp³-hybridized carbons (Fsp3) is 0.0357. The van der Waals surface area contributed by atoms with Crippen molar-refractivity contribution in [3.63, 3.8) is 0 Å². The van der Waals surface area contributed by atoms with Gasteiger partial charge in [-0.15, -0.1) is 0 Å². The molecule has 0 saturated carbocycles. The summed E-state index contributed by atoms with van der Waals surface area (Å²) in [6, 6.07) is 31.8. The van der Waals surface area contributed by atoms with Gasteiger partial charge >= 0.3 is 0 Å². The molecule has 160 valence electrons. The molecule has 0 aliphatic carbocycles. The Morgan fingerprint density at radius 2 is 1.61 bits per heavy atom. The predicted octanol–water partition coefficient (Wildman–Crippen LogP) is 6.39. The van der Waals surface area contributed by atoms with Gasteiger partial charge in [0.1, 0.15) is 17.6 Å². The molecule has 6 rings (SSSR count). The van der Waals surface area contributed by atoms with E-state index in [0.717, 1.165) is 50.4 Å². The van der Waals surface area contributed by atoms with E-state index in [1.54, 1.807) is 7.11 Å². The molecular formula is C28H21FN3O+. The standard InChI is InChI=1S/C28H21FN3O/c1-33-23-14-12-22(13-15-23)30-28-27-24-10-6-5-9-20(24)17-25(19-7-3-2-4-8-19)32(27)26-16-11-21(29)18-31(26)28/h2-18,30H,1H3/q+1. The number of rotatable bonds is 4. The number of halogens is 1. The zero-order valence-corrected chi connectivity index (χ0v) is 18.0. The molecule has 0 radical (unpaired) electrons.